The van der Waals surface area contributed by atoms with Gasteiger partial charge in [-0.2, -0.15) is 0 Å². The van der Waals surface area contributed by atoms with Crippen molar-refractivity contribution in [2.75, 3.05) is 13.1 Å². The fourth-order valence-corrected chi connectivity index (χ4v) is 1.55. The molecule has 0 radical (unpaired) electrons. The van der Waals surface area contributed by atoms with Gasteiger partial charge < -0.3 is 5.32 Å². The Kier molecular flexibility index (Phi) is 5.41. The number of benzene rings is 1. The molecule has 0 aliphatic carbocycles. The van der Waals surface area contributed by atoms with E-state index in [0.717, 1.165) is 24.3 Å². The van der Waals surface area contributed by atoms with Gasteiger partial charge >= 0.3 is 0 Å². The Labute approximate surface area is 106 Å². The van der Waals surface area contributed by atoms with Crippen LogP contribution in [0.3, 0.4) is 0 Å². The van der Waals surface area contributed by atoms with Crippen molar-refractivity contribution in [1.29, 1.82) is 0 Å². The SMILES string of the molecule is CC(=Cc1cc(F)c(F)c(F)c1)CNCC(C)C. The standard InChI is InChI=1S/C14H18F3N/c1-9(2)7-18-8-10(3)4-11-5-12(15)14(17)13(16)6-11/h4-6,9,18H,7-8H2,1-3H3. The smallest absolute Gasteiger partial charge is 0.194 e. The van der Waals surface area contributed by atoms with Crippen LogP contribution in [0.25, 0.3) is 6.08 Å². The Hall–Kier alpha value is -1.29. The molecule has 0 amide bonds. The first-order chi connectivity index (χ1) is 8.40. The highest BCUT2D eigenvalue weighted by molar-refractivity contribution is 5.53. The average molecular weight is 257 g/mol. The summed E-state index contributed by atoms with van der Waals surface area (Å²) >= 11 is 0. The molecule has 1 rings (SSSR count). The number of halogens is 3. The number of hydrogen-bond acceptors (Lipinski definition) is 1. The minimum absolute atomic E-state index is 0.329. The van der Waals surface area contributed by atoms with Gasteiger partial charge in [0, 0.05) is 6.54 Å². The molecule has 0 bridgehead atoms. The molecule has 0 heterocycles. The van der Waals surface area contributed by atoms with Crippen LogP contribution in [0.4, 0.5) is 13.2 Å². The molecule has 0 aliphatic rings. The van der Waals surface area contributed by atoms with E-state index in [-0.39, 0.29) is 0 Å². The van der Waals surface area contributed by atoms with Gasteiger partial charge in [-0.05, 0) is 37.1 Å². The van der Waals surface area contributed by atoms with E-state index >= 15 is 0 Å². The Balaban J connectivity index is 2.70. The molecule has 100 valence electrons. The zero-order valence-electron chi connectivity index (χ0n) is 10.9. The lowest BCUT2D eigenvalue weighted by atomic mass is 10.1. The van der Waals surface area contributed by atoms with E-state index in [1.165, 1.54) is 0 Å². The van der Waals surface area contributed by atoms with Crippen LogP contribution in [-0.4, -0.2) is 13.1 Å². The normalized spacial score (nSPS) is 12.3. The van der Waals surface area contributed by atoms with Gasteiger partial charge in [0.1, 0.15) is 0 Å². The van der Waals surface area contributed by atoms with Crippen LogP contribution in [0.5, 0.6) is 0 Å². The van der Waals surface area contributed by atoms with Gasteiger partial charge in [-0.3, -0.25) is 0 Å². The molecule has 4 heteroatoms. The van der Waals surface area contributed by atoms with Crippen LogP contribution in [0, 0.1) is 23.4 Å². The lowest BCUT2D eigenvalue weighted by Crippen LogP contribution is -2.21. The molecule has 0 unspecified atom stereocenters. The second kappa shape index (κ2) is 6.59. The molecule has 18 heavy (non-hydrogen) atoms. The minimum atomic E-state index is -1.43. The van der Waals surface area contributed by atoms with Crippen LogP contribution in [0.15, 0.2) is 17.7 Å². The summed E-state index contributed by atoms with van der Waals surface area (Å²) in [6, 6.07) is 1.98. The number of nitrogens with one attached hydrogen (secondary N) is 1. The lowest BCUT2D eigenvalue weighted by molar-refractivity contribution is 0.447. The van der Waals surface area contributed by atoms with Crippen molar-refractivity contribution in [3.8, 4) is 0 Å². The van der Waals surface area contributed by atoms with E-state index in [4.69, 9.17) is 0 Å². The predicted molar refractivity (Wildman–Crippen MR) is 67.7 cm³/mol. The second-order valence-corrected chi connectivity index (χ2v) is 4.81. The topological polar surface area (TPSA) is 12.0 Å². The molecule has 0 aliphatic heterocycles. The zero-order valence-corrected chi connectivity index (χ0v) is 10.9. The Bertz CT molecular complexity index is 416. The highest BCUT2D eigenvalue weighted by Crippen LogP contribution is 2.15. The van der Waals surface area contributed by atoms with Gasteiger partial charge in [0.15, 0.2) is 17.5 Å². The molecular weight excluding hydrogens is 239 g/mol. The van der Waals surface area contributed by atoms with Gasteiger partial charge in [0.25, 0.3) is 0 Å². The molecular formula is C14H18F3N. The highest BCUT2D eigenvalue weighted by atomic mass is 19.2. The van der Waals surface area contributed by atoms with Crippen molar-refractivity contribution in [2.45, 2.75) is 20.8 Å². The Morgan fingerprint density at radius 1 is 1.22 bits per heavy atom. The molecule has 1 aromatic carbocycles. The molecule has 0 aromatic heterocycles. The quantitative estimate of drug-likeness (QED) is 0.792. The minimum Gasteiger partial charge on any atom is -0.313 e. The summed E-state index contributed by atoms with van der Waals surface area (Å²) in [4.78, 5) is 0. The van der Waals surface area contributed by atoms with E-state index < -0.39 is 17.5 Å². The first-order valence-electron chi connectivity index (χ1n) is 5.92. The third-order valence-electron chi connectivity index (χ3n) is 2.38. The lowest BCUT2D eigenvalue weighted by Gasteiger charge is -2.07. The first kappa shape index (κ1) is 14.8. The van der Waals surface area contributed by atoms with Crippen LogP contribution < -0.4 is 5.32 Å². The van der Waals surface area contributed by atoms with Crippen molar-refractivity contribution in [2.24, 2.45) is 5.92 Å². The van der Waals surface area contributed by atoms with Crippen LogP contribution in [0.1, 0.15) is 26.3 Å². The molecule has 0 saturated heterocycles. The van der Waals surface area contributed by atoms with Gasteiger partial charge in [0.05, 0.1) is 0 Å². The Morgan fingerprint density at radius 3 is 2.28 bits per heavy atom. The maximum atomic E-state index is 13.0. The van der Waals surface area contributed by atoms with E-state index in [0.29, 0.717) is 18.0 Å². The predicted octanol–water partition coefficient (Wildman–Crippen LogP) is 3.75. The summed E-state index contributed by atoms with van der Waals surface area (Å²) in [7, 11) is 0. The molecule has 1 nitrogen and oxygen atoms in total. The van der Waals surface area contributed by atoms with Crippen molar-refractivity contribution in [1.82, 2.24) is 5.32 Å². The first-order valence-corrected chi connectivity index (χ1v) is 5.92. The monoisotopic (exact) mass is 257 g/mol. The Morgan fingerprint density at radius 2 is 1.78 bits per heavy atom. The third-order valence-corrected chi connectivity index (χ3v) is 2.38. The maximum absolute atomic E-state index is 13.0. The van der Waals surface area contributed by atoms with E-state index in [1.807, 2.05) is 6.92 Å². The maximum Gasteiger partial charge on any atom is 0.194 e. The van der Waals surface area contributed by atoms with E-state index in [2.05, 4.69) is 19.2 Å². The highest BCUT2D eigenvalue weighted by Gasteiger charge is 2.09. The van der Waals surface area contributed by atoms with Crippen molar-refractivity contribution >= 4 is 6.08 Å². The summed E-state index contributed by atoms with van der Waals surface area (Å²) in [5, 5.41) is 3.22. The summed E-state index contributed by atoms with van der Waals surface area (Å²) in [5.74, 6) is -3.21. The summed E-state index contributed by atoms with van der Waals surface area (Å²) < 4.78 is 38.7. The van der Waals surface area contributed by atoms with Gasteiger partial charge in [-0.25, -0.2) is 13.2 Å². The molecule has 0 saturated carbocycles. The third kappa shape index (κ3) is 4.53. The van der Waals surface area contributed by atoms with Crippen LogP contribution in [0.2, 0.25) is 0 Å². The van der Waals surface area contributed by atoms with Crippen molar-refractivity contribution in [3.63, 3.8) is 0 Å². The van der Waals surface area contributed by atoms with Crippen molar-refractivity contribution < 1.29 is 13.2 Å². The zero-order chi connectivity index (χ0) is 13.7. The fourth-order valence-electron chi connectivity index (χ4n) is 1.55. The largest absolute Gasteiger partial charge is 0.313 e. The molecule has 1 N–H and O–H groups in total. The van der Waals surface area contributed by atoms with Gasteiger partial charge in [-0.1, -0.05) is 25.5 Å². The summed E-state index contributed by atoms with van der Waals surface area (Å²) in [6.07, 6.45) is 1.64. The number of rotatable bonds is 5. The van der Waals surface area contributed by atoms with E-state index in [9.17, 15) is 13.2 Å². The van der Waals surface area contributed by atoms with Crippen LogP contribution in [-0.2, 0) is 0 Å². The fraction of sp³-hybridized carbons (Fsp3) is 0.429. The molecule has 0 atom stereocenters. The molecule has 0 fully saturated rings. The summed E-state index contributed by atoms with van der Waals surface area (Å²) in [6.45, 7) is 7.55. The van der Waals surface area contributed by atoms with Crippen molar-refractivity contribution in [3.05, 3.63) is 40.7 Å². The second-order valence-electron chi connectivity index (χ2n) is 4.81. The molecule has 1 aromatic rings. The molecule has 0 spiro atoms. The number of hydrogen-bond donors (Lipinski definition) is 1. The van der Waals surface area contributed by atoms with Crippen LogP contribution >= 0.6 is 0 Å². The van der Waals surface area contributed by atoms with Gasteiger partial charge in [0.2, 0.25) is 0 Å². The summed E-state index contributed by atoms with van der Waals surface area (Å²) in [5.41, 5.74) is 1.26. The van der Waals surface area contributed by atoms with Gasteiger partial charge in [-0.15, -0.1) is 0 Å². The average Bonchev–Trinajstić information content (AvgIpc) is 2.25. The van der Waals surface area contributed by atoms with E-state index in [1.54, 1.807) is 6.08 Å².